The first kappa shape index (κ1) is 18.3. The Hall–Kier alpha value is -3.54. The van der Waals surface area contributed by atoms with Crippen molar-refractivity contribution in [2.24, 2.45) is 0 Å². The van der Waals surface area contributed by atoms with Crippen molar-refractivity contribution in [3.05, 3.63) is 101 Å². The number of hydrogen-bond donors (Lipinski definition) is 2. The fraction of sp³-hybridized carbons (Fsp3) is 0.0952. The van der Waals surface area contributed by atoms with Crippen LogP contribution < -0.4 is 10.6 Å². The van der Waals surface area contributed by atoms with E-state index in [-0.39, 0.29) is 29.4 Å². The van der Waals surface area contributed by atoms with Crippen molar-refractivity contribution < 1.29 is 14.0 Å². The molecule has 0 aliphatic rings. The summed E-state index contributed by atoms with van der Waals surface area (Å²) in [6.45, 7) is 0.430. The highest BCUT2D eigenvalue weighted by Crippen LogP contribution is 2.08. The largest absolute Gasteiger partial charge is 0.348 e. The zero-order chi connectivity index (χ0) is 19.1. The molecule has 1 aromatic heterocycles. The minimum absolute atomic E-state index is 0.0515. The topological polar surface area (TPSA) is 71.1 Å². The lowest BCUT2D eigenvalue weighted by atomic mass is 10.1. The highest BCUT2D eigenvalue weighted by molar-refractivity contribution is 5.99. The van der Waals surface area contributed by atoms with Crippen molar-refractivity contribution in [1.29, 1.82) is 0 Å². The molecule has 1 heterocycles. The van der Waals surface area contributed by atoms with E-state index in [1.807, 2.05) is 30.3 Å². The van der Waals surface area contributed by atoms with Gasteiger partial charge < -0.3 is 10.6 Å². The maximum atomic E-state index is 13.6. The molecule has 3 rings (SSSR count). The molecule has 6 heteroatoms. The van der Waals surface area contributed by atoms with Gasteiger partial charge in [-0.1, -0.05) is 48.5 Å². The van der Waals surface area contributed by atoms with Crippen molar-refractivity contribution >= 4 is 11.8 Å². The summed E-state index contributed by atoms with van der Waals surface area (Å²) in [5.74, 6) is -1.14. The lowest BCUT2D eigenvalue weighted by Gasteiger charge is -2.08. The second-order valence-corrected chi connectivity index (χ2v) is 5.90. The van der Waals surface area contributed by atoms with Gasteiger partial charge in [-0.25, -0.2) is 4.39 Å². The SMILES string of the molecule is O=C(NCc1ccccc1)c1cncc(C(=O)NCc2ccccc2F)c1. The van der Waals surface area contributed by atoms with E-state index in [4.69, 9.17) is 0 Å². The molecule has 0 unspecified atom stereocenters. The molecule has 0 saturated carbocycles. The Balaban J connectivity index is 1.61. The number of halogens is 1. The molecule has 0 aliphatic heterocycles. The molecule has 2 N–H and O–H groups in total. The number of carbonyl (C=O) groups is 2. The van der Waals surface area contributed by atoms with Crippen molar-refractivity contribution in [2.75, 3.05) is 0 Å². The first-order valence-corrected chi connectivity index (χ1v) is 8.42. The quantitative estimate of drug-likeness (QED) is 0.707. The number of amides is 2. The van der Waals surface area contributed by atoms with Crippen LogP contribution in [0, 0.1) is 5.82 Å². The highest BCUT2D eigenvalue weighted by Gasteiger charge is 2.12. The lowest BCUT2D eigenvalue weighted by molar-refractivity contribution is 0.0950. The monoisotopic (exact) mass is 363 g/mol. The third-order valence-corrected chi connectivity index (χ3v) is 3.96. The van der Waals surface area contributed by atoms with Gasteiger partial charge in [0.2, 0.25) is 0 Å². The van der Waals surface area contributed by atoms with Gasteiger partial charge in [-0.3, -0.25) is 14.6 Å². The Morgan fingerprint density at radius 1 is 0.815 bits per heavy atom. The van der Waals surface area contributed by atoms with E-state index in [0.29, 0.717) is 12.1 Å². The number of rotatable bonds is 6. The highest BCUT2D eigenvalue weighted by atomic mass is 19.1. The van der Waals surface area contributed by atoms with Crippen LogP contribution in [0.4, 0.5) is 4.39 Å². The molecule has 0 bridgehead atoms. The Bertz CT molecular complexity index is 945. The smallest absolute Gasteiger partial charge is 0.253 e. The number of pyridine rings is 1. The second-order valence-electron chi connectivity index (χ2n) is 5.90. The van der Waals surface area contributed by atoms with Crippen LogP contribution in [0.5, 0.6) is 0 Å². The van der Waals surface area contributed by atoms with E-state index < -0.39 is 5.91 Å². The summed E-state index contributed by atoms with van der Waals surface area (Å²) in [7, 11) is 0. The maximum absolute atomic E-state index is 13.6. The summed E-state index contributed by atoms with van der Waals surface area (Å²) in [6.07, 6.45) is 2.76. The molecule has 0 aliphatic carbocycles. The fourth-order valence-corrected chi connectivity index (χ4v) is 2.49. The molecule has 0 saturated heterocycles. The fourth-order valence-electron chi connectivity index (χ4n) is 2.49. The normalized spacial score (nSPS) is 10.3. The van der Waals surface area contributed by atoms with Crippen LogP contribution in [-0.2, 0) is 13.1 Å². The standard InChI is InChI=1S/C21H18FN3O2/c22-19-9-5-4-8-16(19)14-25-21(27)18-10-17(12-23-13-18)20(26)24-11-15-6-2-1-3-7-15/h1-10,12-13H,11,14H2,(H,24,26)(H,25,27). The predicted octanol–water partition coefficient (Wildman–Crippen LogP) is 3.08. The molecule has 5 nitrogen and oxygen atoms in total. The zero-order valence-corrected chi connectivity index (χ0v) is 14.5. The van der Waals surface area contributed by atoms with Gasteiger partial charge in [-0.05, 0) is 17.7 Å². The maximum Gasteiger partial charge on any atom is 0.253 e. The number of aromatic nitrogens is 1. The van der Waals surface area contributed by atoms with E-state index in [1.165, 1.54) is 24.5 Å². The molecule has 27 heavy (non-hydrogen) atoms. The third-order valence-electron chi connectivity index (χ3n) is 3.96. The van der Waals surface area contributed by atoms with Crippen molar-refractivity contribution in [3.8, 4) is 0 Å². The zero-order valence-electron chi connectivity index (χ0n) is 14.5. The van der Waals surface area contributed by atoms with Crippen LogP contribution in [0.2, 0.25) is 0 Å². The van der Waals surface area contributed by atoms with E-state index in [1.54, 1.807) is 18.2 Å². The molecule has 0 fully saturated rings. The van der Waals surface area contributed by atoms with E-state index in [9.17, 15) is 14.0 Å². The second kappa shape index (κ2) is 8.71. The van der Waals surface area contributed by atoms with Gasteiger partial charge in [-0.15, -0.1) is 0 Å². The Morgan fingerprint density at radius 2 is 1.41 bits per heavy atom. The summed E-state index contributed by atoms with van der Waals surface area (Å²) >= 11 is 0. The molecular weight excluding hydrogens is 345 g/mol. The minimum Gasteiger partial charge on any atom is -0.348 e. The van der Waals surface area contributed by atoms with Crippen LogP contribution in [-0.4, -0.2) is 16.8 Å². The Labute approximate surface area is 156 Å². The van der Waals surface area contributed by atoms with Crippen LogP contribution in [0.1, 0.15) is 31.8 Å². The van der Waals surface area contributed by atoms with E-state index >= 15 is 0 Å². The molecule has 3 aromatic rings. The molecule has 0 atom stereocenters. The van der Waals surface area contributed by atoms with Gasteiger partial charge in [0.15, 0.2) is 0 Å². The van der Waals surface area contributed by atoms with E-state index in [0.717, 1.165) is 5.56 Å². The summed E-state index contributed by atoms with van der Waals surface area (Å²) in [4.78, 5) is 28.5. The van der Waals surface area contributed by atoms with Crippen LogP contribution in [0.3, 0.4) is 0 Å². The molecule has 2 amide bonds. The first-order valence-electron chi connectivity index (χ1n) is 8.42. The number of hydrogen-bond acceptors (Lipinski definition) is 3. The minimum atomic E-state index is -0.427. The average molecular weight is 363 g/mol. The van der Waals surface area contributed by atoms with Gasteiger partial charge in [0.05, 0.1) is 11.1 Å². The molecule has 136 valence electrons. The van der Waals surface area contributed by atoms with Gasteiger partial charge in [0, 0.05) is 31.0 Å². The molecule has 2 aromatic carbocycles. The van der Waals surface area contributed by atoms with E-state index in [2.05, 4.69) is 15.6 Å². The van der Waals surface area contributed by atoms with Crippen LogP contribution in [0.25, 0.3) is 0 Å². The third kappa shape index (κ3) is 4.98. The average Bonchev–Trinajstić information content (AvgIpc) is 2.72. The summed E-state index contributed by atoms with van der Waals surface area (Å²) in [5, 5.41) is 5.42. The molecular formula is C21H18FN3O2. The first-order chi connectivity index (χ1) is 13.1. The summed E-state index contributed by atoms with van der Waals surface area (Å²) < 4.78 is 13.6. The van der Waals surface area contributed by atoms with Gasteiger partial charge >= 0.3 is 0 Å². The van der Waals surface area contributed by atoms with Crippen molar-refractivity contribution in [1.82, 2.24) is 15.6 Å². The molecule has 0 radical (unpaired) electrons. The lowest BCUT2D eigenvalue weighted by Crippen LogP contribution is -2.26. The van der Waals surface area contributed by atoms with Crippen LogP contribution in [0.15, 0.2) is 73.1 Å². The summed E-state index contributed by atoms with van der Waals surface area (Å²) in [6, 6.07) is 17.2. The predicted molar refractivity (Wildman–Crippen MR) is 99.4 cm³/mol. The number of nitrogens with zero attached hydrogens (tertiary/aromatic N) is 1. The van der Waals surface area contributed by atoms with Gasteiger partial charge in [0.1, 0.15) is 5.82 Å². The number of carbonyl (C=O) groups excluding carboxylic acids is 2. The number of benzene rings is 2. The Kier molecular flexibility index (Phi) is 5.89. The van der Waals surface area contributed by atoms with Crippen LogP contribution >= 0.6 is 0 Å². The van der Waals surface area contributed by atoms with Crippen molar-refractivity contribution in [3.63, 3.8) is 0 Å². The van der Waals surface area contributed by atoms with Crippen molar-refractivity contribution in [2.45, 2.75) is 13.1 Å². The van der Waals surface area contributed by atoms with Gasteiger partial charge in [-0.2, -0.15) is 0 Å². The number of nitrogens with one attached hydrogen (secondary N) is 2. The summed E-state index contributed by atoms with van der Waals surface area (Å²) in [5.41, 5.74) is 1.87. The molecule has 0 spiro atoms. The Morgan fingerprint density at radius 3 is 2.07 bits per heavy atom. The van der Waals surface area contributed by atoms with Gasteiger partial charge in [0.25, 0.3) is 11.8 Å².